The van der Waals surface area contributed by atoms with E-state index in [1.807, 2.05) is 17.8 Å². The van der Waals surface area contributed by atoms with Crippen molar-refractivity contribution < 1.29 is 0 Å². The van der Waals surface area contributed by atoms with Crippen LogP contribution >= 0.6 is 9.24 Å². The largest absolute Gasteiger partial charge is 0.246 e. The molecule has 1 aromatic rings. The Morgan fingerprint density at radius 3 is 2.79 bits per heavy atom. The van der Waals surface area contributed by atoms with Crippen LogP contribution in [0.25, 0.3) is 0 Å². The molecule has 14 heavy (non-hydrogen) atoms. The molecule has 1 aromatic heterocycles. The van der Waals surface area contributed by atoms with Crippen molar-refractivity contribution in [2.45, 2.75) is 39.2 Å². The molecule has 0 aliphatic rings. The minimum atomic E-state index is 0.0499. The van der Waals surface area contributed by atoms with Gasteiger partial charge in [0.05, 0.1) is 17.2 Å². The topological polar surface area (TPSA) is 30.7 Å². The first-order valence-corrected chi connectivity index (χ1v) is 5.49. The summed E-state index contributed by atoms with van der Waals surface area (Å²) in [5, 5.41) is 8.11. The van der Waals surface area contributed by atoms with Crippen molar-refractivity contribution in [1.29, 1.82) is 0 Å². The fourth-order valence-electron chi connectivity index (χ4n) is 1.31. The zero-order chi connectivity index (χ0) is 10.6. The number of rotatable bonds is 4. The lowest BCUT2D eigenvalue weighted by Gasteiger charge is -2.26. The van der Waals surface area contributed by atoms with E-state index in [2.05, 4.69) is 45.6 Å². The molecule has 0 aliphatic heterocycles. The molecule has 0 N–H and O–H groups in total. The summed E-state index contributed by atoms with van der Waals surface area (Å²) in [6.07, 6.45) is 8.26. The molecule has 0 fully saturated rings. The summed E-state index contributed by atoms with van der Waals surface area (Å²) in [7, 11) is 2.56. The highest BCUT2D eigenvalue weighted by Gasteiger charge is 2.23. The average Bonchev–Trinajstić information content (AvgIpc) is 2.62. The van der Waals surface area contributed by atoms with Crippen LogP contribution in [0.1, 0.15) is 33.6 Å². The molecule has 0 bridgehead atoms. The van der Waals surface area contributed by atoms with E-state index in [1.165, 1.54) is 0 Å². The lowest BCUT2D eigenvalue weighted by atomic mass is 9.94. The van der Waals surface area contributed by atoms with Crippen molar-refractivity contribution in [3.05, 3.63) is 18.3 Å². The molecule has 3 nitrogen and oxygen atoms in total. The van der Waals surface area contributed by atoms with E-state index in [0.29, 0.717) is 0 Å². The number of hydrogen-bond acceptors (Lipinski definition) is 2. The molecule has 0 amide bonds. The summed E-state index contributed by atoms with van der Waals surface area (Å²) < 4.78 is 1.95. The van der Waals surface area contributed by atoms with Gasteiger partial charge in [-0.1, -0.05) is 33.5 Å². The van der Waals surface area contributed by atoms with Gasteiger partial charge in [-0.05, 0) is 26.7 Å². The molecule has 2 atom stereocenters. The van der Waals surface area contributed by atoms with Gasteiger partial charge < -0.3 is 0 Å². The SMILES string of the molecule is CC=CCC(C)(CC)n1cc(P)nn1. The van der Waals surface area contributed by atoms with Crippen molar-refractivity contribution in [3.63, 3.8) is 0 Å². The molecular formula is C10H18N3P. The molecule has 0 saturated heterocycles. The third-order valence-electron chi connectivity index (χ3n) is 2.62. The molecule has 1 rings (SSSR count). The first-order chi connectivity index (χ1) is 6.62. The standard InChI is InChI=1S/C10H18N3P/c1-4-6-7-10(3,5-2)13-8-9(14)11-12-13/h4,6,8H,5,7,14H2,1-3H3. The van der Waals surface area contributed by atoms with Gasteiger partial charge in [0.1, 0.15) is 0 Å². The Kier molecular flexibility index (Phi) is 3.82. The summed E-state index contributed by atoms with van der Waals surface area (Å²) in [5.41, 5.74) is 0.944. The van der Waals surface area contributed by atoms with Crippen molar-refractivity contribution in [1.82, 2.24) is 15.0 Å². The van der Waals surface area contributed by atoms with Crippen LogP contribution in [-0.2, 0) is 5.54 Å². The summed E-state index contributed by atoms with van der Waals surface area (Å²) >= 11 is 0. The van der Waals surface area contributed by atoms with Gasteiger partial charge in [0, 0.05) is 0 Å². The zero-order valence-corrected chi connectivity index (χ0v) is 10.2. The Labute approximate surface area is 87.8 Å². The van der Waals surface area contributed by atoms with Gasteiger partial charge in [-0.15, -0.1) is 5.10 Å². The molecule has 0 radical (unpaired) electrons. The van der Waals surface area contributed by atoms with Gasteiger partial charge in [0.15, 0.2) is 0 Å². The van der Waals surface area contributed by atoms with E-state index < -0.39 is 0 Å². The van der Waals surface area contributed by atoms with Gasteiger partial charge >= 0.3 is 0 Å². The van der Waals surface area contributed by atoms with E-state index in [1.54, 1.807) is 0 Å². The second kappa shape index (κ2) is 4.70. The Morgan fingerprint density at radius 1 is 1.64 bits per heavy atom. The van der Waals surface area contributed by atoms with Gasteiger partial charge in [-0.3, -0.25) is 0 Å². The maximum absolute atomic E-state index is 4.12. The second-order valence-electron chi connectivity index (χ2n) is 3.71. The normalized spacial score (nSPS) is 16.0. The third kappa shape index (κ3) is 2.42. The fourth-order valence-corrected chi connectivity index (χ4v) is 1.50. The molecule has 0 aliphatic carbocycles. The average molecular weight is 211 g/mol. The minimum Gasteiger partial charge on any atom is -0.246 e. The van der Waals surface area contributed by atoms with Crippen molar-refractivity contribution >= 4 is 14.7 Å². The molecule has 1 heterocycles. The van der Waals surface area contributed by atoms with Crippen molar-refractivity contribution in [2.24, 2.45) is 0 Å². The Balaban J connectivity index is 2.88. The van der Waals surface area contributed by atoms with Gasteiger partial charge in [-0.2, -0.15) is 0 Å². The predicted octanol–water partition coefficient (Wildman–Crippen LogP) is 1.87. The van der Waals surface area contributed by atoms with Crippen LogP contribution in [0.3, 0.4) is 0 Å². The van der Waals surface area contributed by atoms with Crippen molar-refractivity contribution in [2.75, 3.05) is 0 Å². The quantitative estimate of drug-likeness (QED) is 0.562. The van der Waals surface area contributed by atoms with Gasteiger partial charge in [0.25, 0.3) is 0 Å². The van der Waals surface area contributed by atoms with Gasteiger partial charge in [0.2, 0.25) is 0 Å². The lowest BCUT2D eigenvalue weighted by Crippen LogP contribution is -2.29. The molecule has 0 spiro atoms. The van der Waals surface area contributed by atoms with E-state index in [0.717, 1.165) is 18.3 Å². The van der Waals surface area contributed by atoms with Crippen LogP contribution in [0.4, 0.5) is 0 Å². The minimum absolute atomic E-state index is 0.0499. The first kappa shape index (κ1) is 11.4. The Bertz CT molecular complexity index is 319. The van der Waals surface area contributed by atoms with Crippen molar-refractivity contribution in [3.8, 4) is 0 Å². The maximum atomic E-state index is 4.12. The van der Waals surface area contributed by atoms with Crippen LogP contribution < -0.4 is 5.44 Å². The molecule has 4 heteroatoms. The number of hydrogen-bond donors (Lipinski definition) is 0. The van der Waals surface area contributed by atoms with Crippen LogP contribution in [-0.4, -0.2) is 15.0 Å². The smallest absolute Gasteiger partial charge is 0.0990 e. The first-order valence-electron chi connectivity index (χ1n) is 4.92. The second-order valence-corrected chi connectivity index (χ2v) is 4.30. The summed E-state index contributed by atoms with van der Waals surface area (Å²) in [6.45, 7) is 6.41. The molecule has 2 unspecified atom stereocenters. The molecule has 0 aromatic carbocycles. The Hall–Kier alpha value is -0.690. The van der Waals surface area contributed by atoms with Crippen LogP contribution in [0.2, 0.25) is 0 Å². The molecule has 0 saturated carbocycles. The van der Waals surface area contributed by atoms with Crippen LogP contribution in [0.5, 0.6) is 0 Å². The maximum Gasteiger partial charge on any atom is 0.0990 e. The Morgan fingerprint density at radius 2 is 2.36 bits per heavy atom. The van der Waals surface area contributed by atoms with E-state index in [-0.39, 0.29) is 5.54 Å². The summed E-state index contributed by atoms with van der Waals surface area (Å²) in [6, 6.07) is 0. The predicted molar refractivity (Wildman–Crippen MR) is 62.7 cm³/mol. The van der Waals surface area contributed by atoms with E-state index in [9.17, 15) is 0 Å². The lowest BCUT2D eigenvalue weighted by molar-refractivity contribution is 0.272. The number of allylic oxidation sites excluding steroid dienone is 2. The highest BCUT2D eigenvalue weighted by Crippen LogP contribution is 2.23. The van der Waals surface area contributed by atoms with Gasteiger partial charge in [-0.25, -0.2) is 4.68 Å². The van der Waals surface area contributed by atoms with E-state index in [4.69, 9.17) is 0 Å². The van der Waals surface area contributed by atoms with E-state index >= 15 is 0 Å². The number of nitrogens with zero attached hydrogens (tertiary/aromatic N) is 3. The number of aromatic nitrogens is 3. The zero-order valence-electron chi connectivity index (χ0n) is 9.07. The fraction of sp³-hybridized carbons (Fsp3) is 0.600. The van der Waals surface area contributed by atoms with Crippen LogP contribution in [0, 0.1) is 0 Å². The van der Waals surface area contributed by atoms with Crippen LogP contribution in [0.15, 0.2) is 18.3 Å². The highest BCUT2D eigenvalue weighted by molar-refractivity contribution is 7.26. The molecule has 78 valence electrons. The summed E-state index contributed by atoms with van der Waals surface area (Å²) in [4.78, 5) is 0. The monoisotopic (exact) mass is 211 g/mol. The summed E-state index contributed by atoms with van der Waals surface area (Å²) in [5.74, 6) is 0. The third-order valence-corrected chi connectivity index (χ3v) is 2.88. The highest BCUT2D eigenvalue weighted by atomic mass is 31.0. The molecular weight excluding hydrogens is 193 g/mol.